The zero-order valence-electron chi connectivity index (χ0n) is 11.2. The molecule has 0 aromatic heterocycles. The fraction of sp³-hybridized carbons (Fsp3) is 0.357. The minimum Gasteiger partial charge on any atom is -0.394 e. The lowest BCUT2D eigenvalue weighted by Gasteiger charge is -2.21. The lowest BCUT2D eigenvalue weighted by atomic mass is 10.1. The molecule has 0 radical (unpaired) electrons. The highest BCUT2D eigenvalue weighted by Crippen LogP contribution is 2.13. The van der Waals surface area contributed by atoms with E-state index in [4.69, 9.17) is 0 Å². The van der Waals surface area contributed by atoms with E-state index < -0.39 is 6.04 Å². The Morgan fingerprint density at radius 3 is 2.70 bits per heavy atom. The molecular weight excluding hydrogens is 258 g/mol. The molecule has 0 aliphatic carbocycles. The topological polar surface area (TPSA) is 82.0 Å². The average Bonchev–Trinajstić information content (AvgIpc) is 2.48. The van der Waals surface area contributed by atoms with Crippen LogP contribution in [0.5, 0.6) is 0 Å². The van der Waals surface area contributed by atoms with Crippen LogP contribution in [-0.2, 0) is 9.59 Å². The monoisotopic (exact) mass is 275 g/mol. The Kier molecular flexibility index (Phi) is 4.47. The van der Waals surface area contributed by atoms with E-state index in [1.165, 1.54) is 12.1 Å². The van der Waals surface area contributed by atoms with Gasteiger partial charge in [-0.15, -0.1) is 0 Å². The summed E-state index contributed by atoms with van der Waals surface area (Å²) in [7, 11) is 1.52. The number of aliphatic hydroxyl groups is 1. The number of carbonyl (C=O) groups is 2. The molecule has 1 aromatic carbocycles. The van der Waals surface area contributed by atoms with E-state index in [1.54, 1.807) is 0 Å². The molecule has 2 amide bonds. The van der Waals surface area contributed by atoms with Crippen molar-refractivity contribution in [3.8, 4) is 0 Å². The number of hydrogen-bond acceptors (Lipinski definition) is 4. The number of rotatable bonds is 4. The Labute approximate surface area is 117 Å². The van der Waals surface area contributed by atoms with Crippen molar-refractivity contribution in [3.05, 3.63) is 35.9 Å². The van der Waals surface area contributed by atoms with Crippen molar-refractivity contribution in [2.45, 2.75) is 18.9 Å². The Bertz CT molecular complexity index is 528. The first kappa shape index (κ1) is 14.2. The van der Waals surface area contributed by atoms with Crippen LogP contribution in [0.4, 0.5) is 0 Å². The molecule has 20 heavy (non-hydrogen) atoms. The molecular formula is C14H17N3O3. The summed E-state index contributed by atoms with van der Waals surface area (Å²) in [5, 5.41) is 17.3. The first-order valence-corrected chi connectivity index (χ1v) is 6.42. The molecule has 1 atom stereocenters. The van der Waals surface area contributed by atoms with Gasteiger partial charge >= 0.3 is 0 Å². The fourth-order valence-electron chi connectivity index (χ4n) is 1.99. The number of hydrogen-bond donors (Lipinski definition) is 2. The first-order chi connectivity index (χ1) is 9.61. The standard InChI is InChI=1S/C14H17N3O3/c1-17-13(19)8-7-11(16-17)14(20)15-12(9-18)10-5-3-2-4-6-10/h2-6,12,18H,7-9H2,1H3,(H,15,20)/t12-/m0/s1. The number of nitrogens with zero attached hydrogens (tertiary/aromatic N) is 2. The van der Waals surface area contributed by atoms with Crippen LogP contribution in [0.1, 0.15) is 24.4 Å². The number of benzene rings is 1. The molecule has 106 valence electrons. The van der Waals surface area contributed by atoms with Gasteiger partial charge in [-0.3, -0.25) is 9.59 Å². The maximum Gasteiger partial charge on any atom is 0.268 e. The minimum absolute atomic E-state index is 0.108. The third-order valence-electron chi connectivity index (χ3n) is 3.16. The van der Waals surface area contributed by atoms with Gasteiger partial charge in [0.25, 0.3) is 5.91 Å². The lowest BCUT2D eigenvalue weighted by molar-refractivity contribution is -0.130. The molecule has 0 saturated heterocycles. The van der Waals surface area contributed by atoms with Crippen LogP contribution in [0.2, 0.25) is 0 Å². The van der Waals surface area contributed by atoms with Gasteiger partial charge in [0, 0.05) is 19.9 Å². The molecule has 0 unspecified atom stereocenters. The third kappa shape index (κ3) is 3.21. The summed E-state index contributed by atoms with van der Waals surface area (Å²) < 4.78 is 0. The highest BCUT2D eigenvalue weighted by molar-refractivity contribution is 6.39. The summed E-state index contributed by atoms with van der Waals surface area (Å²) in [6.45, 7) is -0.197. The van der Waals surface area contributed by atoms with Crippen molar-refractivity contribution in [1.29, 1.82) is 0 Å². The number of aliphatic hydroxyl groups excluding tert-OH is 1. The van der Waals surface area contributed by atoms with E-state index in [1.807, 2.05) is 30.3 Å². The summed E-state index contributed by atoms with van der Waals surface area (Å²) in [6, 6.07) is 8.74. The molecule has 6 heteroatoms. The predicted molar refractivity (Wildman–Crippen MR) is 73.9 cm³/mol. The number of carbonyl (C=O) groups excluding carboxylic acids is 2. The Morgan fingerprint density at radius 1 is 1.40 bits per heavy atom. The van der Waals surface area contributed by atoms with Crippen molar-refractivity contribution in [1.82, 2.24) is 10.3 Å². The largest absolute Gasteiger partial charge is 0.394 e. The molecule has 1 aliphatic heterocycles. The molecule has 1 heterocycles. The van der Waals surface area contributed by atoms with E-state index in [2.05, 4.69) is 10.4 Å². The van der Waals surface area contributed by atoms with Crippen LogP contribution in [-0.4, -0.2) is 41.3 Å². The summed E-state index contributed by atoms with van der Waals surface area (Å²) in [4.78, 5) is 23.4. The zero-order chi connectivity index (χ0) is 14.5. The molecule has 0 bridgehead atoms. The van der Waals surface area contributed by atoms with Crippen molar-refractivity contribution in [2.75, 3.05) is 13.7 Å². The van der Waals surface area contributed by atoms with Crippen molar-refractivity contribution >= 4 is 17.5 Å². The van der Waals surface area contributed by atoms with Crippen LogP contribution in [0.25, 0.3) is 0 Å². The Morgan fingerprint density at radius 2 is 2.10 bits per heavy atom. The second-order valence-corrected chi connectivity index (χ2v) is 4.58. The van der Waals surface area contributed by atoms with Gasteiger partial charge in [-0.05, 0) is 5.56 Å². The summed E-state index contributed by atoms with van der Waals surface area (Å²) in [5.74, 6) is -0.462. The van der Waals surface area contributed by atoms with E-state index >= 15 is 0 Å². The maximum atomic E-state index is 12.1. The molecule has 1 aromatic rings. The molecule has 0 fully saturated rings. The molecule has 2 rings (SSSR count). The quantitative estimate of drug-likeness (QED) is 0.836. The summed E-state index contributed by atoms with van der Waals surface area (Å²) in [6.07, 6.45) is 0.597. The van der Waals surface area contributed by atoms with E-state index in [9.17, 15) is 14.7 Å². The van der Waals surface area contributed by atoms with Gasteiger partial charge in [0.15, 0.2) is 0 Å². The second-order valence-electron chi connectivity index (χ2n) is 4.58. The Balaban J connectivity index is 2.07. The molecule has 0 saturated carbocycles. The average molecular weight is 275 g/mol. The zero-order valence-corrected chi connectivity index (χ0v) is 11.2. The molecule has 1 aliphatic rings. The number of hydrazone groups is 1. The SMILES string of the molecule is CN1N=C(C(=O)N[C@@H](CO)c2ccccc2)CCC1=O. The highest BCUT2D eigenvalue weighted by atomic mass is 16.3. The Hall–Kier alpha value is -2.21. The van der Waals surface area contributed by atoms with Crippen LogP contribution in [0.15, 0.2) is 35.4 Å². The number of amides is 2. The van der Waals surface area contributed by atoms with Gasteiger partial charge in [-0.2, -0.15) is 5.10 Å². The highest BCUT2D eigenvalue weighted by Gasteiger charge is 2.23. The van der Waals surface area contributed by atoms with E-state index in [0.29, 0.717) is 12.1 Å². The summed E-state index contributed by atoms with van der Waals surface area (Å²) in [5.41, 5.74) is 1.13. The maximum absolute atomic E-state index is 12.1. The predicted octanol–water partition coefficient (Wildman–Crippen LogP) is 0.444. The van der Waals surface area contributed by atoms with Crippen molar-refractivity contribution in [3.63, 3.8) is 0 Å². The smallest absolute Gasteiger partial charge is 0.268 e. The molecule has 0 spiro atoms. The van der Waals surface area contributed by atoms with E-state index in [0.717, 1.165) is 5.56 Å². The van der Waals surface area contributed by atoms with Gasteiger partial charge < -0.3 is 10.4 Å². The molecule has 6 nitrogen and oxygen atoms in total. The van der Waals surface area contributed by atoms with Gasteiger partial charge in [-0.1, -0.05) is 30.3 Å². The normalized spacial score (nSPS) is 16.6. The first-order valence-electron chi connectivity index (χ1n) is 6.42. The van der Waals surface area contributed by atoms with Gasteiger partial charge in [0.05, 0.1) is 12.6 Å². The van der Waals surface area contributed by atoms with E-state index in [-0.39, 0.29) is 24.8 Å². The van der Waals surface area contributed by atoms with Crippen LogP contribution in [0.3, 0.4) is 0 Å². The van der Waals surface area contributed by atoms with Crippen molar-refractivity contribution in [2.24, 2.45) is 5.10 Å². The fourth-order valence-corrected chi connectivity index (χ4v) is 1.99. The van der Waals surface area contributed by atoms with Crippen LogP contribution < -0.4 is 5.32 Å². The van der Waals surface area contributed by atoms with Crippen molar-refractivity contribution < 1.29 is 14.7 Å². The van der Waals surface area contributed by atoms with Gasteiger partial charge in [0.2, 0.25) is 5.91 Å². The van der Waals surface area contributed by atoms with Crippen LogP contribution in [0, 0.1) is 0 Å². The minimum atomic E-state index is -0.477. The van der Waals surface area contributed by atoms with Gasteiger partial charge in [0.1, 0.15) is 5.71 Å². The molecule has 2 N–H and O–H groups in total. The van der Waals surface area contributed by atoms with Crippen LogP contribution >= 0.6 is 0 Å². The summed E-state index contributed by atoms with van der Waals surface area (Å²) >= 11 is 0. The third-order valence-corrected chi connectivity index (χ3v) is 3.16. The van der Waals surface area contributed by atoms with Gasteiger partial charge in [-0.25, -0.2) is 5.01 Å². The number of nitrogens with one attached hydrogen (secondary N) is 1. The second kappa shape index (κ2) is 6.29. The lowest BCUT2D eigenvalue weighted by Crippen LogP contribution is -2.40.